The van der Waals surface area contributed by atoms with Gasteiger partial charge in [0.25, 0.3) is 0 Å². The van der Waals surface area contributed by atoms with E-state index in [1.54, 1.807) is 12.1 Å². The Hall–Kier alpha value is -2.75. The second kappa shape index (κ2) is 7.01. The standard InChI is InChI=1S/C18H19FN4O4S/c19-14-3-1-2-4-15(14)22-10-12(9-17(22)24)18(25)21-16-5-7-20-23(16)13-6-8-28(26,27)11-13/h1-5,7,12-13H,6,8-11H2,(H,21,25)/t12-,13-/m0/s1. The molecule has 10 heteroatoms. The van der Waals surface area contributed by atoms with Crippen LogP contribution in [-0.4, -0.2) is 48.1 Å². The highest BCUT2D eigenvalue weighted by molar-refractivity contribution is 7.91. The molecule has 4 rings (SSSR count). The third-order valence-electron chi connectivity index (χ3n) is 5.11. The minimum absolute atomic E-state index is 0.0134. The van der Waals surface area contributed by atoms with Gasteiger partial charge < -0.3 is 10.2 Å². The van der Waals surface area contributed by atoms with Crippen LogP contribution in [-0.2, 0) is 19.4 Å². The Morgan fingerprint density at radius 3 is 2.75 bits per heavy atom. The molecule has 3 heterocycles. The third kappa shape index (κ3) is 3.51. The van der Waals surface area contributed by atoms with Crippen molar-refractivity contribution in [3.8, 4) is 0 Å². The number of anilines is 2. The van der Waals surface area contributed by atoms with Crippen molar-refractivity contribution in [2.45, 2.75) is 18.9 Å². The number of sulfone groups is 1. The molecular weight excluding hydrogens is 387 g/mol. The minimum Gasteiger partial charge on any atom is -0.311 e. The molecule has 1 aromatic carbocycles. The average molecular weight is 406 g/mol. The van der Waals surface area contributed by atoms with E-state index in [-0.39, 0.29) is 48.0 Å². The number of aromatic nitrogens is 2. The van der Waals surface area contributed by atoms with Gasteiger partial charge in [-0.3, -0.25) is 9.59 Å². The molecule has 0 saturated carbocycles. The molecule has 0 spiro atoms. The van der Waals surface area contributed by atoms with Crippen molar-refractivity contribution < 1.29 is 22.4 Å². The first kappa shape index (κ1) is 18.6. The van der Waals surface area contributed by atoms with Crippen molar-refractivity contribution in [1.29, 1.82) is 0 Å². The van der Waals surface area contributed by atoms with Crippen LogP contribution in [0.2, 0.25) is 0 Å². The van der Waals surface area contributed by atoms with Crippen molar-refractivity contribution >= 4 is 33.2 Å². The topological polar surface area (TPSA) is 101 Å². The van der Waals surface area contributed by atoms with Crippen LogP contribution < -0.4 is 10.2 Å². The molecule has 2 saturated heterocycles. The van der Waals surface area contributed by atoms with Crippen LogP contribution in [0.5, 0.6) is 0 Å². The monoisotopic (exact) mass is 406 g/mol. The number of halogens is 1. The van der Waals surface area contributed by atoms with Gasteiger partial charge in [-0.1, -0.05) is 12.1 Å². The first-order valence-electron chi connectivity index (χ1n) is 8.94. The van der Waals surface area contributed by atoms with Crippen molar-refractivity contribution in [3.05, 3.63) is 42.3 Å². The number of amides is 2. The summed E-state index contributed by atoms with van der Waals surface area (Å²) in [5.74, 6) is -1.38. The van der Waals surface area contributed by atoms with Crippen molar-refractivity contribution in [1.82, 2.24) is 9.78 Å². The molecule has 0 bridgehead atoms. The minimum atomic E-state index is -3.09. The van der Waals surface area contributed by atoms with Crippen LogP contribution in [0.25, 0.3) is 0 Å². The summed E-state index contributed by atoms with van der Waals surface area (Å²) in [6.07, 6.45) is 1.91. The molecule has 0 radical (unpaired) electrons. The quantitative estimate of drug-likeness (QED) is 0.827. The van der Waals surface area contributed by atoms with Gasteiger partial charge in [0.2, 0.25) is 11.8 Å². The first-order valence-corrected chi connectivity index (χ1v) is 10.8. The second-order valence-corrected chi connectivity index (χ2v) is 9.29. The van der Waals surface area contributed by atoms with Gasteiger partial charge in [-0.25, -0.2) is 17.5 Å². The highest BCUT2D eigenvalue weighted by Crippen LogP contribution is 2.29. The van der Waals surface area contributed by atoms with E-state index >= 15 is 0 Å². The summed E-state index contributed by atoms with van der Waals surface area (Å²) in [4.78, 5) is 26.2. The zero-order chi connectivity index (χ0) is 19.9. The van der Waals surface area contributed by atoms with Gasteiger partial charge in [0.15, 0.2) is 9.84 Å². The molecule has 2 aliphatic rings. The summed E-state index contributed by atoms with van der Waals surface area (Å²) < 4.78 is 38.9. The fourth-order valence-electron chi connectivity index (χ4n) is 3.69. The van der Waals surface area contributed by atoms with E-state index in [9.17, 15) is 22.4 Å². The molecule has 28 heavy (non-hydrogen) atoms. The molecule has 2 aromatic rings. The number of nitrogens with zero attached hydrogens (tertiary/aromatic N) is 3. The number of carbonyl (C=O) groups is 2. The average Bonchev–Trinajstić information content (AvgIpc) is 3.34. The highest BCUT2D eigenvalue weighted by Gasteiger charge is 2.37. The van der Waals surface area contributed by atoms with Crippen molar-refractivity contribution in [3.63, 3.8) is 0 Å². The van der Waals surface area contributed by atoms with E-state index in [1.165, 1.54) is 34.0 Å². The summed E-state index contributed by atoms with van der Waals surface area (Å²) in [6, 6.07) is 7.21. The number of hydrogen-bond donors (Lipinski definition) is 1. The molecular formula is C18H19FN4O4S. The number of benzene rings is 1. The highest BCUT2D eigenvalue weighted by atomic mass is 32.2. The van der Waals surface area contributed by atoms with Gasteiger partial charge in [-0.05, 0) is 18.6 Å². The third-order valence-corrected chi connectivity index (χ3v) is 6.87. The fraction of sp³-hybridized carbons (Fsp3) is 0.389. The van der Waals surface area contributed by atoms with Crippen molar-refractivity contribution in [2.24, 2.45) is 5.92 Å². The number of nitrogens with one attached hydrogen (secondary N) is 1. The van der Waals surface area contributed by atoms with E-state index in [2.05, 4.69) is 10.4 Å². The van der Waals surface area contributed by atoms with Crippen LogP contribution in [0.15, 0.2) is 36.5 Å². The summed E-state index contributed by atoms with van der Waals surface area (Å²) in [5, 5.41) is 6.88. The summed E-state index contributed by atoms with van der Waals surface area (Å²) in [5.41, 5.74) is 0.156. The Balaban J connectivity index is 1.46. The first-order chi connectivity index (χ1) is 13.3. The molecule has 2 fully saturated rings. The molecule has 2 atom stereocenters. The summed E-state index contributed by atoms with van der Waals surface area (Å²) in [6.45, 7) is 0.0809. The predicted octanol–water partition coefficient (Wildman–Crippen LogP) is 1.37. The Kier molecular flexibility index (Phi) is 4.66. The Morgan fingerprint density at radius 2 is 2.04 bits per heavy atom. The zero-order valence-corrected chi connectivity index (χ0v) is 15.7. The molecule has 1 aromatic heterocycles. The number of hydrogen-bond acceptors (Lipinski definition) is 5. The lowest BCUT2D eigenvalue weighted by Crippen LogP contribution is -2.29. The van der Waals surface area contributed by atoms with Gasteiger partial charge in [-0.15, -0.1) is 0 Å². The second-order valence-electron chi connectivity index (χ2n) is 7.06. The lowest BCUT2D eigenvalue weighted by atomic mass is 10.1. The van der Waals surface area contributed by atoms with E-state index < -0.39 is 21.6 Å². The van der Waals surface area contributed by atoms with Crippen molar-refractivity contribution in [2.75, 3.05) is 28.3 Å². The molecule has 2 amide bonds. The molecule has 0 aliphatic carbocycles. The molecule has 0 unspecified atom stereocenters. The fourth-order valence-corrected chi connectivity index (χ4v) is 5.38. The Labute approximate surface area is 161 Å². The Bertz CT molecular complexity index is 1040. The maximum atomic E-state index is 14.0. The summed E-state index contributed by atoms with van der Waals surface area (Å²) >= 11 is 0. The maximum absolute atomic E-state index is 14.0. The van der Waals surface area contributed by atoms with Crippen LogP contribution in [0, 0.1) is 11.7 Å². The number of para-hydroxylation sites is 1. The predicted molar refractivity (Wildman–Crippen MR) is 100 cm³/mol. The van der Waals surface area contributed by atoms with E-state index in [4.69, 9.17) is 0 Å². The van der Waals surface area contributed by atoms with Crippen LogP contribution in [0.3, 0.4) is 0 Å². The van der Waals surface area contributed by atoms with Gasteiger partial charge in [0, 0.05) is 19.0 Å². The van der Waals surface area contributed by atoms with Gasteiger partial charge in [-0.2, -0.15) is 5.10 Å². The van der Waals surface area contributed by atoms with E-state index in [0.29, 0.717) is 12.2 Å². The number of carbonyl (C=O) groups excluding carboxylic acids is 2. The molecule has 148 valence electrons. The van der Waals surface area contributed by atoms with Gasteiger partial charge >= 0.3 is 0 Å². The summed E-state index contributed by atoms with van der Waals surface area (Å²) in [7, 11) is -3.09. The lowest BCUT2D eigenvalue weighted by Gasteiger charge is -2.18. The molecule has 8 nitrogen and oxygen atoms in total. The van der Waals surface area contributed by atoms with Crippen LogP contribution in [0.1, 0.15) is 18.9 Å². The SMILES string of the molecule is O=C(Nc1ccnn1[C@H]1CCS(=O)(=O)C1)[C@H]1CC(=O)N(c2ccccc2F)C1. The smallest absolute Gasteiger partial charge is 0.230 e. The largest absolute Gasteiger partial charge is 0.311 e. The molecule has 2 aliphatic heterocycles. The van der Waals surface area contributed by atoms with E-state index in [1.807, 2.05) is 0 Å². The maximum Gasteiger partial charge on any atom is 0.230 e. The molecule has 1 N–H and O–H groups in total. The Morgan fingerprint density at radius 1 is 1.25 bits per heavy atom. The van der Waals surface area contributed by atoms with Crippen LogP contribution >= 0.6 is 0 Å². The van der Waals surface area contributed by atoms with Gasteiger partial charge in [0.1, 0.15) is 11.6 Å². The van der Waals surface area contributed by atoms with Gasteiger partial charge in [0.05, 0.1) is 35.3 Å². The van der Waals surface area contributed by atoms with E-state index in [0.717, 1.165) is 0 Å². The zero-order valence-electron chi connectivity index (χ0n) is 14.9. The normalized spacial score (nSPS) is 23.9. The lowest BCUT2D eigenvalue weighted by molar-refractivity contribution is -0.122. The number of rotatable bonds is 4. The van der Waals surface area contributed by atoms with Crippen LogP contribution in [0.4, 0.5) is 15.9 Å².